The molecule has 160 valence electrons. The summed E-state index contributed by atoms with van der Waals surface area (Å²) in [5.41, 5.74) is 0.852. The molecule has 1 saturated carbocycles. The summed E-state index contributed by atoms with van der Waals surface area (Å²) in [6, 6.07) is 6.75. The molecule has 2 heterocycles. The molecule has 1 unspecified atom stereocenters. The average Bonchev–Trinajstić information content (AvgIpc) is 3.43. The number of nitrogens with zero attached hydrogens (tertiary/aromatic N) is 4. The van der Waals surface area contributed by atoms with Gasteiger partial charge in [0.15, 0.2) is 0 Å². The first-order chi connectivity index (χ1) is 14.5. The predicted octanol–water partition coefficient (Wildman–Crippen LogP) is 1.88. The van der Waals surface area contributed by atoms with E-state index in [2.05, 4.69) is 30.6 Å². The van der Waals surface area contributed by atoms with Crippen molar-refractivity contribution in [3.05, 3.63) is 35.2 Å². The van der Waals surface area contributed by atoms with Gasteiger partial charge >= 0.3 is 6.03 Å². The summed E-state index contributed by atoms with van der Waals surface area (Å²) in [6.07, 6.45) is 1.97. The fraction of sp³-hybridized carbons (Fsp3) is 0.500. The lowest BCUT2D eigenvalue weighted by molar-refractivity contribution is -0.125. The maximum atomic E-state index is 12.3. The molecule has 1 aromatic heterocycles. The number of imide groups is 1. The first kappa shape index (κ1) is 20.8. The van der Waals surface area contributed by atoms with Gasteiger partial charge in [-0.25, -0.2) is 4.79 Å². The lowest BCUT2D eigenvalue weighted by Gasteiger charge is -2.36. The molecule has 30 heavy (non-hydrogen) atoms. The summed E-state index contributed by atoms with van der Waals surface area (Å²) in [7, 11) is 0. The quantitative estimate of drug-likeness (QED) is 0.718. The van der Waals surface area contributed by atoms with Crippen LogP contribution in [0, 0.1) is 0 Å². The van der Waals surface area contributed by atoms with Gasteiger partial charge in [0.2, 0.25) is 17.6 Å². The van der Waals surface area contributed by atoms with Crippen molar-refractivity contribution in [3.8, 4) is 11.4 Å². The van der Waals surface area contributed by atoms with Gasteiger partial charge in [-0.1, -0.05) is 16.8 Å². The zero-order valence-electron chi connectivity index (χ0n) is 16.8. The molecule has 9 nitrogen and oxygen atoms in total. The minimum atomic E-state index is -0.402. The zero-order valence-corrected chi connectivity index (χ0v) is 17.6. The second-order valence-electron chi connectivity index (χ2n) is 7.74. The number of carbonyl (C=O) groups excluding carboxylic acids is 2. The molecule has 2 N–H and O–H groups in total. The number of rotatable bonds is 6. The van der Waals surface area contributed by atoms with Crippen LogP contribution < -0.4 is 10.6 Å². The summed E-state index contributed by atoms with van der Waals surface area (Å²) in [6.45, 7) is 5.35. The van der Waals surface area contributed by atoms with Gasteiger partial charge in [-0.2, -0.15) is 4.98 Å². The Balaban J connectivity index is 1.24. The molecule has 1 aliphatic carbocycles. The normalized spacial score (nSPS) is 18.7. The molecule has 2 fully saturated rings. The second kappa shape index (κ2) is 9.11. The Morgan fingerprint density at radius 1 is 1.20 bits per heavy atom. The SMILES string of the molecule is CC(C(=O)NC(=O)NC1CC1)N1CCN(Cc2nc(-c3ccc(Cl)cc3)no2)CC1. The van der Waals surface area contributed by atoms with E-state index in [1.807, 2.05) is 19.1 Å². The van der Waals surface area contributed by atoms with E-state index in [0.29, 0.717) is 23.3 Å². The maximum absolute atomic E-state index is 12.3. The first-order valence-electron chi connectivity index (χ1n) is 10.1. The van der Waals surface area contributed by atoms with Crippen LogP contribution in [0.5, 0.6) is 0 Å². The van der Waals surface area contributed by atoms with E-state index in [1.54, 1.807) is 12.1 Å². The number of hydrogen-bond donors (Lipinski definition) is 2. The smallest absolute Gasteiger partial charge is 0.321 e. The molecule has 1 aromatic carbocycles. The number of halogens is 1. The highest BCUT2D eigenvalue weighted by molar-refractivity contribution is 6.30. The van der Waals surface area contributed by atoms with E-state index in [4.69, 9.17) is 16.1 Å². The van der Waals surface area contributed by atoms with Gasteiger partial charge in [0, 0.05) is 42.8 Å². The third kappa shape index (κ3) is 5.35. The maximum Gasteiger partial charge on any atom is 0.321 e. The Morgan fingerprint density at radius 3 is 2.57 bits per heavy atom. The van der Waals surface area contributed by atoms with Crippen molar-refractivity contribution in [3.63, 3.8) is 0 Å². The topological polar surface area (TPSA) is 104 Å². The Bertz CT molecular complexity index is 890. The van der Waals surface area contributed by atoms with Crippen LogP contribution in [0.4, 0.5) is 4.79 Å². The van der Waals surface area contributed by atoms with Gasteiger partial charge in [-0.15, -0.1) is 0 Å². The van der Waals surface area contributed by atoms with Crippen LogP contribution in [-0.4, -0.2) is 70.1 Å². The third-order valence-corrected chi connectivity index (χ3v) is 5.66. The third-order valence-electron chi connectivity index (χ3n) is 5.41. The van der Waals surface area contributed by atoms with Crippen molar-refractivity contribution in [1.82, 2.24) is 30.6 Å². The van der Waals surface area contributed by atoms with Gasteiger partial charge in [0.1, 0.15) is 0 Å². The van der Waals surface area contributed by atoms with E-state index in [1.165, 1.54) is 0 Å². The summed E-state index contributed by atoms with van der Waals surface area (Å²) in [4.78, 5) is 32.8. The van der Waals surface area contributed by atoms with Gasteiger partial charge in [-0.05, 0) is 44.0 Å². The van der Waals surface area contributed by atoms with Crippen LogP contribution >= 0.6 is 11.6 Å². The number of benzene rings is 1. The number of carbonyl (C=O) groups is 2. The van der Waals surface area contributed by atoms with Crippen molar-refractivity contribution >= 4 is 23.5 Å². The summed E-state index contributed by atoms with van der Waals surface area (Å²) in [5.74, 6) is 0.817. The van der Waals surface area contributed by atoms with Crippen molar-refractivity contribution in [2.75, 3.05) is 26.2 Å². The van der Waals surface area contributed by atoms with Crippen LogP contribution in [-0.2, 0) is 11.3 Å². The first-order valence-corrected chi connectivity index (χ1v) is 10.5. The Labute approximate surface area is 179 Å². The molecular weight excluding hydrogens is 408 g/mol. The predicted molar refractivity (Wildman–Crippen MR) is 111 cm³/mol. The molecule has 3 amide bonds. The summed E-state index contributed by atoms with van der Waals surface area (Å²) >= 11 is 5.91. The highest BCUT2D eigenvalue weighted by atomic mass is 35.5. The highest BCUT2D eigenvalue weighted by Crippen LogP contribution is 2.20. The molecule has 0 spiro atoms. The van der Waals surface area contributed by atoms with Crippen molar-refractivity contribution in [1.29, 1.82) is 0 Å². The van der Waals surface area contributed by atoms with Gasteiger partial charge in [0.05, 0.1) is 12.6 Å². The molecule has 1 atom stereocenters. The van der Waals surface area contributed by atoms with E-state index in [-0.39, 0.29) is 18.0 Å². The van der Waals surface area contributed by atoms with E-state index in [0.717, 1.165) is 44.6 Å². The molecule has 4 rings (SSSR count). The van der Waals surface area contributed by atoms with Gasteiger partial charge in [0.25, 0.3) is 0 Å². The summed E-state index contributed by atoms with van der Waals surface area (Å²) < 4.78 is 5.39. The molecular formula is C20H25ClN6O3. The number of aromatic nitrogens is 2. The van der Waals surface area contributed by atoms with Crippen LogP contribution in [0.2, 0.25) is 5.02 Å². The molecule has 1 aliphatic heterocycles. The summed E-state index contributed by atoms with van der Waals surface area (Å²) in [5, 5.41) is 9.90. The van der Waals surface area contributed by atoms with E-state index >= 15 is 0 Å². The molecule has 0 bridgehead atoms. The number of hydrogen-bond acceptors (Lipinski definition) is 7. The van der Waals surface area contributed by atoms with Crippen LogP contribution in [0.15, 0.2) is 28.8 Å². The fourth-order valence-corrected chi connectivity index (χ4v) is 3.49. The second-order valence-corrected chi connectivity index (χ2v) is 8.18. The minimum absolute atomic E-state index is 0.224. The number of amides is 3. The monoisotopic (exact) mass is 432 g/mol. The lowest BCUT2D eigenvalue weighted by atomic mass is 10.2. The van der Waals surface area contributed by atoms with E-state index in [9.17, 15) is 9.59 Å². The molecule has 2 aliphatic rings. The van der Waals surface area contributed by atoms with Gasteiger partial charge < -0.3 is 9.84 Å². The Kier molecular flexibility index (Phi) is 6.31. The standard InChI is InChI=1S/C20H25ClN6O3/c1-13(19(28)24-20(29)22-16-6-7-16)27-10-8-26(9-11-27)12-17-23-18(25-30-17)14-2-4-15(21)5-3-14/h2-5,13,16H,6-12H2,1H3,(H2,22,24,28,29). The lowest BCUT2D eigenvalue weighted by Crippen LogP contribution is -2.55. The largest absolute Gasteiger partial charge is 0.338 e. The molecule has 2 aromatic rings. The van der Waals surface area contributed by atoms with Crippen molar-refractivity contribution in [2.45, 2.75) is 38.4 Å². The Morgan fingerprint density at radius 2 is 1.90 bits per heavy atom. The number of piperazine rings is 1. The van der Waals surface area contributed by atoms with Gasteiger partial charge in [-0.3, -0.25) is 19.9 Å². The van der Waals surface area contributed by atoms with Crippen molar-refractivity contribution in [2.24, 2.45) is 0 Å². The average molecular weight is 433 g/mol. The molecule has 0 radical (unpaired) electrons. The molecule has 1 saturated heterocycles. The highest BCUT2D eigenvalue weighted by Gasteiger charge is 2.29. The number of nitrogens with one attached hydrogen (secondary N) is 2. The minimum Gasteiger partial charge on any atom is -0.338 e. The fourth-order valence-electron chi connectivity index (χ4n) is 3.37. The van der Waals surface area contributed by atoms with Crippen LogP contribution in [0.25, 0.3) is 11.4 Å². The van der Waals surface area contributed by atoms with Crippen LogP contribution in [0.1, 0.15) is 25.7 Å². The van der Waals surface area contributed by atoms with Crippen LogP contribution in [0.3, 0.4) is 0 Å². The molecule has 10 heteroatoms. The number of urea groups is 1. The van der Waals surface area contributed by atoms with Crippen molar-refractivity contribution < 1.29 is 14.1 Å². The zero-order chi connectivity index (χ0) is 21.1. The Hall–Kier alpha value is -2.49. The van der Waals surface area contributed by atoms with E-state index < -0.39 is 6.03 Å².